The van der Waals surface area contributed by atoms with E-state index in [0.717, 1.165) is 54.8 Å². The highest BCUT2D eigenvalue weighted by Gasteiger charge is 2.21. The van der Waals surface area contributed by atoms with E-state index < -0.39 is 0 Å². The number of carbonyl (C=O) groups is 1. The minimum absolute atomic E-state index is 0.187. The van der Waals surface area contributed by atoms with Gasteiger partial charge in [-0.15, -0.1) is 0 Å². The molecule has 1 saturated heterocycles. The number of hydrogen-bond acceptors (Lipinski definition) is 6. The van der Waals surface area contributed by atoms with E-state index in [1.807, 2.05) is 42.2 Å². The molecule has 152 valence electrons. The zero-order chi connectivity index (χ0) is 20.1. The molecule has 2 N–H and O–H groups in total. The molecule has 3 aromatic rings. The molecule has 1 amide bonds. The number of anilines is 1. The van der Waals surface area contributed by atoms with Crippen molar-refractivity contribution in [1.82, 2.24) is 25.4 Å². The molecule has 0 unspecified atom stereocenters. The molecule has 0 saturated carbocycles. The molecule has 1 aliphatic rings. The Morgan fingerprint density at radius 2 is 2.07 bits per heavy atom. The summed E-state index contributed by atoms with van der Waals surface area (Å²) in [5, 5.41) is 10.4. The lowest BCUT2D eigenvalue weighted by Gasteiger charge is -2.35. The normalized spacial score (nSPS) is 14.4. The standard InChI is InChI=1S/C21H26N6O2/c1-16-5-6-18(29-16)21-17(15-24-25-21)14-22-9-7-20(28)27-12-10-26(11-13-27)19-4-2-3-8-23-19/h2-6,8,15,22H,7,9-14H2,1H3,(H,24,25). The van der Waals surface area contributed by atoms with Gasteiger partial charge in [0.25, 0.3) is 0 Å². The van der Waals surface area contributed by atoms with E-state index >= 15 is 0 Å². The zero-order valence-corrected chi connectivity index (χ0v) is 16.6. The number of rotatable bonds is 7. The smallest absolute Gasteiger partial charge is 0.223 e. The zero-order valence-electron chi connectivity index (χ0n) is 16.6. The molecular weight excluding hydrogens is 368 g/mol. The van der Waals surface area contributed by atoms with Crippen LogP contribution in [-0.2, 0) is 11.3 Å². The topological polar surface area (TPSA) is 90.3 Å². The van der Waals surface area contributed by atoms with E-state index in [0.29, 0.717) is 19.5 Å². The third kappa shape index (κ3) is 4.65. The molecule has 0 spiro atoms. The van der Waals surface area contributed by atoms with Crippen molar-refractivity contribution in [2.45, 2.75) is 19.9 Å². The summed E-state index contributed by atoms with van der Waals surface area (Å²) in [5.74, 6) is 2.80. The molecule has 0 atom stereocenters. The van der Waals surface area contributed by atoms with Crippen LogP contribution >= 0.6 is 0 Å². The quantitative estimate of drug-likeness (QED) is 0.597. The van der Waals surface area contributed by atoms with Crippen LogP contribution in [0.15, 0.2) is 47.1 Å². The van der Waals surface area contributed by atoms with Gasteiger partial charge in [0.2, 0.25) is 5.91 Å². The van der Waals surface area contributed by atoms with Gasteiger partial charge in [0.1, 0.15) is 17.3 Å². The number of furan rings is 1. The molecule has 0 radical (unpaired) electrons. The molecule has 4 heterocycles. The lowest BCUT2D eigenvalue weighted by Crippen LogP contribution is -2.49. The molecular formula is C21H26N6O2. The van der Waals surface area contributed by atoms with Gasteiger partial charge in [-0.1, -0.05) is 6.07 Å². The Kier molecular flexibility index (Phi) is 5.90. The minimum atomic E-state index is 0.187. The fourth-order valence-corrected chi connectivity index (χ4v) is 3.53. The van der Waals surface area contributed by atoms with Crippen molar-refractivity contribution in [3.05, 3.63) is 54.0 Å². The van der Waals surface area contributed by atoms with Crippen LogP contribution in [0.2, 0.25) is 0 Å². The summed E-state index contributed by atoms with van der Waals surface area (Å²) >= 11 is 0. The van der Waals surface area contributed by atoms with E-state index in [-0.39, 0.29) is 5.91 Å². The number of hydrogen-bond donors (Lipinski definition) is 2. The van der Waals surface area contributed by atoms with Gasteiger partial charge in [-0.2, -0.15) is 5.10 Å². The van der Waals surface area contributed by atoms with Crippen molar-refractivity contribution >= 4 is 11.7 Å². The largest absolute Gasteiger partial charge is 0.460 e. The van der Waals surface area contributed by atoms with E-state index in [9.17, 15) is 4.79 Å². The summed E-state index contributed by atoms with van der Waals surface area (Å²) < 4.78 is 5.66. The molecule has 3 aromatic heterocycles. The number of pyridine rings is 1. The van der Waals surface area contributed by atoms with Crippen molar-refractivity contribution in [3.63, 3.8) is 0 Å². The van der Waals surface area contributed by atoms with E-state index in [4.69, 9.17) is 4.42 Å². The van der Waals surface area contributed by atoms with Crippen LogP contribution in [0, 0.1) is 6.92 Å². The van der Waals surface area contributed by atoms with Gasteiger partial charge in [0, 0.05) is 57.4 Å². The molecule has 1 fully saturated rings. The Bertz CT molecular complexity index is 928. The number of H-pyrrole nitrogens is 1. The molecule has 1 aliphatic heterocycles. The fraction of sp³-hybridized carbons (Fsp3) is 0.381. The number of aromatic nitrogens is 3. The van der Waals surface area contributed by atoms with Crippen LogP contribution in [0.4, 0.5) is 5.82 Å². The molecule has 0 aliphatic carbocycles. The lowest BCUT2D eigenvalue weighted by molar-refractivity contribution is -0.131. The van der Waals surface area contributed by atoms with Gasteiger partial charge in [-0.3, -0.25) is 9.89 Å². The highest BCUT2D eigenvalue weighted by atomic mass is 16.3. The molecule has 4 rings (SSSR count). The number of aromatic amines is 1. The first-order valence-electron chi connectivity index (χ1n) is 9.94. The van der Waals surface area contributed by atoms with Crippen molar-refractivity contribution in [2.24, 2.45) is 0 Å². The van der Waals surface area contributed by atoms with Crippen LogP contribution in [0.5, 0.6) is 0 Å². The van der Waals surface area contributed by atoms with Crippen molar-refractivity contribution in [3.8, 4) is 11.5 Å². The number of piperazine rings is 1. The Morgan fingerprint density at radius 3 is 2.79 bits per heavy atom. The number of carbonyl (C=O) groups excluding carboxylic acids is 1. The third-order valence-electron chi connectivity index (χ3n) is 5.14. The van der Waals surface area contributed by atoms with Gasteiger partial charge in [-0.25, -0.2) is 4.98 Å². The first-order valence-corrected chi connectivity index (χ1v) is 9.94. The summed E-state index contributed by atoms with van der Waals surface area (Å²) in [6.45, 7) is 6.28. The van der Waals surface area contributed by atoms with Crippen LogP contribution in [0.3, 0.4) is 0 Å². The second kappa shape index (κ2) is 8.91. The van der Waals surface area contributed by atoms with Gasteiger partial charge >= 0.3 is 0 Å². The number of nitrogens with zero attached hydrogens (tertiary/aromatic N) is 4. The van der Waals surface area contributed by atoms with E-state index in [1.54, 1.807) is 12.4 Å². The predicted molar refractivity (Wildman–Crippen MR) is 110 cm³/mol. The Balaban J connectivity index is 1.20. The average Bonchev–Trinajstić information content (AvgIpc) is 3.40. The van der Waals surface area contributed by atoms with Crippen LogP contribution in [0.1, 0.15) is 17.7 Å². The maximum absolute atomic E-state index is 12.5. The van der Waals surface area contributed by atoms with Gasteiger partial charge in [0.05, 0.1) is 6.20 Å². The minimum Gasteiger partial charge on any atom is -0.460 e. The maximum Gasteiger partial charge on any atom is 0.223 e. The van der Waals surface area contributed by atoms with Gasteiger partial charge in [-0.05, 0) is 31.2 Å². The second-order valence-corrected chi connectivity index (χ2v) is 7.16. The summed E-state index contributed by atoms with van der Waals surface area (Å²) in [5.41, 5.74) is 1.90. The highest BCUT2D eigenvalue weighted by molar-refractivity contribution is 5.76. The first kappa shape index (κ1) is 19.2. The monoisotopic (exact) mass is 394 g/mol. The van der Waals surface area contributed by atoms with Crippen molar-refractivity contribution in [2.75, 3.05) is 37.6 Å². The lowest BCUT2D eigenvalue weighted by atomic mass is 10.2. The number of nitrogens with one attached hydrogen (secondary N) is 2. The molecule has 8 heteroatoms. The highest BCUT2D eigenvalue weighted by Crippen LogP contribution is 2.23. The first-order chi connectivity index (χ1) is 14.2. The van der Waals surface area contributed by atoms with E-state index in [1.165, 1.54) is 0 Å². The Hall–Kier alpha value is -3.13. The van der Waals surface area contributed by atoms with Crippen LogP contribution in [0.25, 0.3) is 11.5 Å². The second-order valence-electron chi connectivity index (χ2n) is 7.16. The summed E-state index contributed by atoms with van der Waals surface area (Å²) in [4.78, 5) is 21.1. The molecule has 8 nitrogen and oxygen atoms in total. The summed E-state index contributed by atoms with van der Waals surface area (Å²) in [6.07, 6.45) is 4.08. The van der Waals surface area contributed by atoms with Crippen molar-refractivity contribution < 1.29 is 9.21 Å². The summed E-state index contributed by atoms with van der Waals surface area (Å²) in [6, 6.07) is 9.78. The molecule has 0 aromatic carbocycles. The van der Waals surface area contributed by atoms with Crippen LogP contribution < -0.4 is 10.2 Å². The van der Waals surface area contributed by atoms with Gasteiger partial charge in [0.15, 0.2) is 5.76 Å². The molecule has 0 bridgehead atoms. The SMILES string of the molecule is Cc1ccc(-c2[nH]ncc2CNCCC(=O)N2CCN(c3ccccn3)CC2)o1. The summed E-state index contributed by atoms with van der Waals surface area (Å²) in [7, 11) is 0. The average molecular weight is 394 g/mol. The Morgan fingerprint density at radius 1 is 1.21 bits per heavy atom. The van der Waals surface area contributed by atoms with Crippen LogP contribution in [-0.4, -0.2) is 58.7 Å². The predicted octanol–water partition coefficient (Wildman–Crippen LogP) is 2.20. The fourth-order valence-electron chi connectivity index (χ4n) is 3.53. The number of aryl methyl sites for hydroxylation is 1. The van der Waals surface area contributed by atoms with Crippen molar-refractivity contribution in [1.29, 1.82) is 0 Å². The van der Waals surface area contributed by atoms with Gasteiger partial charge < -0.3 is 19.5 Å². The maximum atomic E-state index is 12.5. The number of amides is 1. The van der Waals surface area contributed by atoms with E-state index in [2.05, 4.69) is 25.4 Å². The Labute approximate surface area is 169 Å². The third-order valence-corrected chi connectivity index (χ3v) is 5.14. The molecule has 29 heavy (non-hydrogen) atoms.